The highest BCUT2D eigenvalue weighted by Gasteiger charge is 2.35. The van der Waals surface area contributed by atoms with Gasteiger partial charge in [0.05, 0.1) is 17.4 Å². The van der Waals surface area contributed by atoms with E-state index < -0.39 is 27.7 Å². The van der Waals surface area contributed by atoms with Crippen LogP contribution in [-0.2, 0) is 16.0 Å². The molecule has 1 atom stereocenters. The molecule has 0 radical (unpaired) electrons. The molecule has 8 heteroatoms. The Morgan fingerprint density at radius 3 is 2.48 bits per heavy atom. The average Bonchev–Trinajstić information content (AvgIpc) is 2.37. The van der Waals surface area contributed by atoms with Crippen LogP contribution in [0, 0.1) is 0 Å². The summed E-state index contributed by atoms with van der Waals surface area (Å²) in [7, 11) is -3.18. The Bertz CT molecular complexity index is 585. The Kier molecular flexibility index (Phi) is 6.24. The second-order valence-corrected chi connectivity index (χ2v) is 8.01. The first-order valence-electron chi connectivity index (χ1n) is 6.32. The van der Waals surface area contributed by atoms with Gasteiger partial charge in [-0.2, -0.15) is 13.2 Å². The fourth-order valence-electron chi connectivity index (χ4n) is 1.86. The van der Waals surface area contributed by atoms with Gasteiger partial charge in [0.1, 0.15) is 9.84 Å². The minimum atomic E-state index is -4.57. The first-order chi connectivity index (χ1) is 9.57. The van der Waals surface area contributed by atoms with Crippen molar-refractivity contribution >= 4 is 25.8 Å². The van der Waals surface area contributed by atoms with E-state index in [1.807, 2.05) is 0 Å². The predicted octanol–water partition coefficient (Wildman–Crippen LogP) is 3.72. The van der Waals surface area contributed by atoms with Crippen molar-refractivity contribution in [2.75, 3.05) is 11.5 Å². The molecule has 0 amide bonds. The number of alkyl halides is 3. The molecule has 1 N–H and O–H groups in total. The van der Waals surface area contributed by atoms with Crippen LogP contribution in [-0.4, -0.2) is 25.0 Å². The largest absolute Gasteiger partial charge is 0.416 e. The highest BCUT2D eigenvalue weighted by atomic mass is 79.9. The van der Waals surface area contributed by atoms with Crippen LogP contribution in [0.2, 0.25) is 0 Å². The van der Waals surface area contributed by atoms with E-state index in [2.05, 4.69) is 15.9 Å². The van der Waals surface area contributed by atoms with Crippen molar-refractivity contribution in [2.24, 2.45) is 0 Å². The second kappa shape index (κ2) is 7.11. The highest BCUT2D eigenvalue weighted by Crippen LogP contribution is 2.37. The third-order valence-corrected chi connectivity index (χ3v) is 5.34. The molecule has 0 fully saturated rings. The molecule has 0 heterocycles. The molecule has 0 aliphatic rings. The van der Waals surface area contributed by atoms with Gasteiger partial charge in [0, 0.05) is 10.2 Å². The lowest BCUT2D eigenvalue weighted by atomic mass is 9.99. The quantitative estimate of drug-likeness (QED) is 0.807. The van der Waals surface area contributed by atoms with E-state index in [1.165, 1.54) is 19.1 Å². The van der Waals surface area contributed by atoms with Crippen LogP contribution in [0.4, 0.5) is 13.2 Å². The number of hydrogen-bond acceptors (Lipinski definition) is 3. The molecule has 1 unspecified atom stereocenters. The molecule has 0 saturated heterocycles. The molecule has 0 bridgehead atoms. The Hall–Kier alpha value is -0.600. The van der Waals surface area contributed by atoms with E-state index in [0.717, 1.165) is 6.07 Å². The number of halogens is 4. The number of aliphatic hydroxyl groups is 1. The maximum atomic E-state index is 12.9. The molecule has 120 valence electrons. The summed E-state index contributed by atoms with van der Waals surface area (Å²) in [6, 6.07) is 3.52. The van der Waals surface area contributed by atoms with Gasteiger partial charge in [-0.1, -0.05) is 28.9 Å². The number of benzene rings is 1. The summed E-state index contributed by atoms with van der Waals surface area (Å²) in [6.45, 7) is 1.50. The molecule has 3 nitrogen and oxygen atoms in total. The topological polar surface area (TPSA) is 54.4 Å². The summed E-state index contributed by atoms with van der Waals surface area (Å²) in [5.41, 5.74) is -1.15. The third kappa shape index (κ3) is 5.60. The van der Waals surface area contributed by atoms with Gasteiger partial charge in [0.25, 0.3) is 0 Å². The van der Waals surface area contributed by atoms with Crippen LogP contribution in [0.1, 0.15) is 37.0 Å². The molecule has 21 heavy (non-hydrogen) atoms. The number of rotatable bonds is 6. The van der Waals surface area contributed by atoms with Gasteiger partial charge in [0.15, 0.2) is 0 Å². The fraction of sp³-hybridized carbons (Fsp3) is 0.538. The Morgan fingerprint density at radius 2 is 1.95 bits per heavy atom. The number of aliphatic hydroxyl groups excluding tert-OH is 1. The van der Waals surface area contributed by atoms with Crippen molar-refractivity contribution in [2.45, 2.75) is 32.0 Å². The van der Waals surface area contributed by atoms with Crippen LogP contribution in [0.25, 0.3) is 0 Å². The van der Waals surface area contributed by atoms with E-state index in [4.69, 9.17) is 0 Å². The van der Waals surface area contributed by atoms with Crippen molar-refractivity contribution in [3.8, 4) is 0 Å². The van der Waals surface area contributed by atoms with Gasteiger partial charge in [-0.05, 0) is 30.5 Å². The standard InChI is InChI=1S/C13H16BrF3O3S/c1-2-21(19,20)7-3-4-12(18)10-6-5-9(14)8-11(10)13(15,16)17/h5-6,8,12,18H,2-4,7H2,1H3. The monoisotopic (exact) mass is 388 g/mol. The van der Waals surface area contributed by atoms with Gasteiger partial charge in [0.2, 0.25) is 0 Å². The second-order valence-electron chi connectivity index (χ2n) is 4.62. The molecule has 0 aliphatic carbocycles. The summed E-state index contributed by atoms with van der Waals surface area (Å²) < 4.78 is 61.7. The Morgan fingerprint density at radius 1 is 1.33 bits per heavy atom. The molecule has 0 aromatic heterocycles. The van der Waals surface area contributed by atoms with Gasteiger partial charge in [-0.15, -0.1) is 0 Å². The maximum absolute atomic E-state index is 12.9. The zero-order valence-electron chi connectivity index (χ0n) is 11.3. The summed E-state index contributed by atoms with van der Waals surface area (Å²) in [6.07, 6.45) is -5.84. The van der Waals surface area contributed by atoms with Gasteiger partial charge >= 0.3 is 6.18 Å². The lowest BCUT2D eigenvalue weighted by molar-refractivity contribution is -0.139. The van der Waals surface area contributed by atoms with E-state index in [-0.39, 0.29) is 34.4 Å². The molecule has 0 spiro atoms. The van der Waals surface area contributed by atoms with Gasteiger partial charge in [-0.3, -0.25) is 0 Å². The molecular weight excluding hydrogens is 373 g/mol. The minimum absolute atomic E-state index is 0.0187. The van der Waals surface area contributed by atoms with E-state index in [1.54, 1.807) is 0 Å². The zero-order valence-corrected chi connectivity index (χ0v) is 13.7. The Labute approximate surface area is 130 Å². The van der Waals surface area contributed by atoms with Crippen molar-refractivity contribution in [3.63, 3.8) is 0 Å². The van der Waals surface area contributed by atoms with Crippen LogP contribution >= 0.6 is 15.9 Å². The smallest absolute Gasteiger partial charge is 0.388 e. The van der Waals surface area contributed by atoms with Crippen molar-refractivity contribution in [1.82, 2.24) is 0 Å². The summed E-state index contributed by atoms with van der Waals surface area (Å²) >= 11 is 2.97. The van der Waals surface area contributed by atoms with Crippen LogP contribution < -0.4 is 0 Å². The Balaban J connectivity index is 2.86. The van der Waals surface area contributed by atoms with Crippen LogP contribution in [0.5, 0.6) is 0 Å². The zero-order chi connectivity index (χ0) is 16.3. The molecule has 1 aromatic rings. The minimum Gasteiger partial charge on any atom is -0.388 e. The predicted molar refractivity (Wildman–Crippen MR) is 77.7 cm³/mol. The lowest BCUT2D eigenvalue weighted by Crippen LogP contribution is -2.14. The molecule has 0 aliphatic heterocycles. The van der Waals surface area contributed by atoms with Crippen molar-refractivity contribution in [3.05, 3.63) is 33.8 Å². The first-order valence-corrected chi connectivity index (χ1v) is 8.93. The average molecular weight is 389 g/mol. The summed E-state index contributed by atoms with van der Waals surface area (Å²) in [5, 5.41) is 9.91. The summed E-state index contributed by atoms with van der Waals surface area (Å²) in [4.78, 5) is 0. The van der Waals surface area contributed by atoms with E-state index in [9.17, 15) is 26.7 Å². The number of sulfone groups is 1. The summed E-state index contributed by atoms with van der Waals surface area (Å²) in [5.74, 6) is -0.159. The van der Waals surface area contributed by atoms with Crippen LogP contribution in [0.3, 0.4) is 0 Å². The molecule has 1 aromatic carbocycles. The lowest BCUT2D eigenvalue weighted by Gasteiger charge is -2.18. The fourth-order valence-corrected chi connectivity index (χ4v) is 3.12. The van der Waals surface area contributed by atoms with Gasteiger partial charge in [-0.25, -0.2) is 8.42 Å². The molecular formula is C13H16BrF3O3S. The van der Waals surface area contributed by atoms with Crippen molar-refractivity contribution < 1.29 is 26.7 Å². The normalized spacial score (nSPS) is 14.2. The first kappa shape index (κ1) is 18.4. The SMILES string of the molecule is CCS(=O)(=O)CCCC(O)c1ccc(Br)cc1C(F)(F)F. The van der Waals surface area contributed by atoms with Gasteiger partial charge < -0.3 is 5.11 Å². The van der Waals surface area contributed by atoms with Crippen molar-refractivity contribution in [1.29, 1.82) is 0 Å². The van der Waals surface area contributed by atoms with E-state index in [0.29, 0.717) is 0 Å². The third-order valence-electron chi connectivity index (χ3n) is 3.05. The number of hydrogen-bond donors (Lipinski definition) is 1. The highest BCUT2D eigenvalue weighted by molar-refractivity contribution is 9.10. The van der Waals surface area contributed by atoms with Crippen LogP contribution in [0.15, 0.2) is 22.7 Å². The van der Waals surface area contributed by atoms with E-state index >= 15 is 0 Å². The maximum Gasteiger partial charge on any atom is 0.416 e. The molecule has 1 rings (SSSR count). The molecule has 0 saturated carbocycles.